The zero-order chi connectivity index (χ0) is 12.4. The molecule has 0 aliphatic carbocycles. The van der Waals surface area contributed by atoms with E-state index in [4.69, 9.17) is 0 Å². The van der Waals surface area contributed by atoms with E-state index in [9.17, 15) is 0 Å². The Balaban J connectivity index is 2.33. The van der Waals surface area contributed by atoms with E-state index in [2.05, 4.69) is 43.0 Å². The monoisotopic (exact) mass is 227 g/mol. The Morgan fingerprint density at radius 1 is 1.18 bits per heavy atom. The molecule has 0 saturated carbocycles. The fraction of sp³-hybridized carbons (Fsp3) is 0.286. The third-order valence-corrected chi connectivity index (χ3v) is 2.70. The summed E-state index contributed by atoms with van der Waals surface area (Å²) in [7, 11) is 1.90. The number of hydrogen-bond donors (Lipinski definition) is 0. The molecule has 0 atom stereocenters. The SMILES string of the molecule is Cc1cc(C)c(N=Cc2ccn(C)n2)c(C)c1. The van der Waals surface area contributed by atoms with Gasteiger partial charge in [0.05, 0.1) is 11.9 Å². The van der Waals surface area contributed by atoms with Crippen LogP contribution in [0.4, 0.5) is 5.69 Å². The third-order valence-electron chi connectivity index (χ3n) is 2.70. The zero-order valence-electron chi connectivity index (χ0n) is 10.7. The lowest BCUT2D eigenvalue weighted by Gasteiger charge is -2.05. The summed E-state index contributed by atoms with van der Waals surface area (Å²) < 4.78 is 1.77. The van der Waals surface area contributed by atoms with Gasteiger partial charge in [0, 0.05) is 13.2 Å². The Kier molecular flexibility index (Phi) is 3.09. The molecule has 1 heterocycles. The van der Waals surface area contributed by atoms with Crippen LogP contribution in [0.15, 0.2) is 29.4 Å². The number of benzene rings is 1. The molecule has 0 saturated heterocycles. The van der Waals surface area contributed by atoms with E-state index in [1.165, 1.54) is 16.7 Å². The quantitative estimate of drug-likeness (QED) is 0.725. The van der Waals surface area contributed by atoms with Crippen molar-refractivity contribution in [1.29, 1.82) is 0 Å². The van der Waals surface area contributed by atoms with E-state index in [1.807, 2.05) is 25.5 Å². The lowest BCUT2D eigenvalue weighted by molar-refractivity contribution is 0.765. The Hall–Kier alpha value is -1.90. The van der Waals surface area contributed by atoms with Gasteiger partial charge in [0.15, 0.2) is 0 Å². The van der Waals surface area contributed by atoms with Crippen molar-refractivity contribution in [3.8, 4) is 0 Å². The van der Waals surface area contributed by atoms with E-state index in [1.54, 1.807) is 4.68 Å². The lowest BCUT2D eigenvalue weighted by Crippen LogP contribution is -1.90. The van der Waals surface area contributed by atoms with Crippen LogP contribution in [0.25, 0.3) is 0 Å². The summed E-state index contributed by atoms with van der Waals surface area (Å²) in [4.78, 5) is 4.53. The van der Waals surface area contributed by atoms with Crippen LogP contribution in [-0.4, -0.2) is 16.0 Å². The van der Waals surface area contributed by atoms with Crippen molar-refractivity contribution in [1.82, 2.24) is 9.78 Å². The van der Waals surface area contributed by atoms with Gasteiger partial charge < -0.3 is 0 Å². The maximum absolute atomic E-state index is 4.53. The molecule has 0 bridgehead atoms. The topological polar surface area (TPSA) is 30.2 Å². The summed E-state index contributed by atoms with van der Waals surface area (Å²) in [6.45, 7) is 6.28. The highest BCUT2D eigenvalue weighted by Gasteiger charge is 2.01. The minimum atomic E-state index is 0.881. The highest BCUT2D eigenvalue weighted by atomic mass is 15.2. The number of nitrogens with zero attached hydrogens (tertiary/aromatic N) is 3. The van der Waals surface area contributed by atoms with E-state index in [0.717, 1.165) is 11.4 Å². The second kappa shape index (κ2) is 4.53. The molecule has 0 amide bonds. The fourth-order valence-corrected chi connectivity index (χ4v) is 2.01. The average Bonchev–Trinajstić information content (AvgIpc) is 2.62. The largest absolute Gasteiger partial charge is 0.275 e. The first-order valence-corrected chi connectivity index (χ1v) is 5.68. The predicted octanol–water partition coefficient (Wildman–Crippen LogP) is 3.10. The predicted molar refractivity (Wildman–Crippen MR) is 71.1 cm³/mol. The molecule has 3 nitrogen and oxygen atoms in total. The van der Waals surface area contributed by atoms with E-state index < -0.39 is 0 Å². The van der Waals surface area contributed by atoms with Gasteiger partial charge in [0.1, 0.15) is 5.69 Å². The smallest absolute Gasteiger partial charge is 0.103 e. The summed E-state index contributed by atoms with van der Waals surface area (Å²) in [5.74, 6) is 0. The molecule has 0 N–H and O–H groups in total. The van der Waals surface area contributed by atoms with Crippen LogP contribution < -0.4 is 0 Å². The van der Waals surface area contributed by atoms with Gasteiger partial charge in [-0.1, -0.05) is 17.7 Å². The zero-order valence-corrected chi connectivity index (χ0v) is 10.7. The van der Waals surface area contributed by atoms with Crippen molar-refractivity contribution < 1.29 is 0 Å². The Morgan fingerprint density at radius 2 is 1.82 bits per heavy atom. The first-order valence-electron chi connectivity index (χ1n) is 5.68. The van der Waals surface area contributed by atoms with Gasteiger partial charge in [-0.2, -0.15) is 5.10 Å². The van der Waals surface area contributed by atoms with Gasteiger partial charge in [-0.3, -0.25) is 9.67 Å². The Labute approximate surface area is 102 Å². The van der Waals surface area contributed by atoms with Gasteiger partial charge in [-0.15, -0.1) is 0 Å². The molecule has 0 unspecified atom stereocenters. The summed E-state index contributed by atoms with van der Waals surface area (Å²) in [5.41, 5.74) is 5.61. The van der Waals surface area contributed by atoms with Crippen molar-refractivity contribution in [3.05, 3.63) is 46.8 Å². The molecule has 1 aromatic carbocycles. The highest BCUT2D eigenvalue weighted by molar-refractivity contribution is 5.80. The molecule has 17 heavy (non-hydrogen) atoms. The van der Waals surface area contributed by atoms with Crippen molar-refractivity contribution in [2.45, 2.75) is 20.8 Å². The number of aryl methyl sites for hydroxylation is 4. The number of hydrogen-bond acceptors (Lipinski definition) is 2. The maximum atomic E-state index is 4.53. The first kappa shape index (κ1) is 11.6. The number of aromatic nitrogens is 2. The molecule has 2 rings (SSSR count). The number of rotatable bonds is 2. The summed E-state index contributed by atoms with van der Waals surface area (Å²) in [6.07, 6.45) is 3.72. The van der Waals surface area contributed by atoms with Gasteiger partial charge in [0.2, 0.25) is 0 Å². The molecule has 2 aromatic rings. The standard InChI is InChI=1S/C14H17N3/c1-10-7-11(2)14(12(3)8-10)15-9-13-5-6-17(4)16-13/h5-9H,1-4H3. The average molecular weight is 227 g/mol. The van der Waals surface area contributed by atoms with Crippen molar-refractivity contribution >= 4 is 11.9 Å². The van der Waals surface area contributed by atoms with Crippen LogP contribution in [0.1, 0.15) is 22.4 Å². The van der Waals surface area contributed by atoms with Crippen LogP contribution in [0.2, 0.25) is 0 Å². The summed E-state index contributed by atoms with van der Waals surface area (Å²) in [6, 6.07) is 6.25. The summed E-state index contributed by atoms with van der Waals surface area (Å²) >= 11 is 0. The van der Waals surface area contributed by atoms with Gasteiger partial charge in [-0.05, 0) is 38.0 Å². The Bertz CT molecular complexity index is 542. The van der Waals surface area contributed by atoms with E-state index in [-0.39, 0.29) is 0 Å². The van der Waals surface area contributed by atoms with Crippen LogP contribution in [-0.2, 0) is 7.05 Å². The molecule has 0 aliphatic rings. The first-order chi connectivity index (χ1) is 8.06. The van der Waals surface area contributed by atoms with Crippen molar-refractivity contribution in [2.75, 3.05) is 0 Å². The Morgan fingerprint density at radius 3 is 2.35 bits per heavy atom. The van der Waals surface area contributed by atoms with E-state index >= 15 is 0 Å². The molecule has 0 spiro atoms. The minimum Gasteiger partial charge on any atom is -0.275 e. The number of aliphatic imine (C=N–C) groups is 1. The lowest BCUT2D eigenvalue weighted by atomic mass is 10.1. The molecule has 3 heteroatoms. The molecule has 0 radical (unpaired) electrons. The molecule has 0 fully saturated rings. The van der Waals surface area contributed by atoms with Crippen molar-refractivity contribution in [3.63, 3.8) is 0 Å². The van der Waals surface area contributed by atoms with Gasteiger partial charge in [-0.25, -0.2) is 0 Å². The molecular formula is C14H17N3. The van der Waals surface area contributed by atoms with Gasteiger partial charge >= 0.3 is 0 Å². The third kappa shape index (κ3) is 2.61. The minimum absolute atomic E-state index is 0.881. The normalized spacial score (nSPS) is 11.3. The van der Waals surface area contributed by atoms with Crippen LogP contribution >= 0.6 is 0 Å². The van der Waals surface area contributed by atoms with E-state index in [0.29, 0.717) is 0 Å². The molecular weight excluding hydrogens is 210 g/mol. The second-order valence-electron chi connectivity index (χ2n) is 4.42. The van der Waals surface area contributed by atoms with Crippen LogP contribution in [0, 0.1) is 20.8 Å². The highest BCUT2D eigenvalue weighted by Crippen LogP contribution is 2.24. The van der Waals surface area contributed by atoms with Gasteiger partial charge in [0.25, 0.3) is 0 Å². The fourth-order valence-electron chi connectivity index (χ4n) is 2.01. The summed E-state index contributed by atoms with van der Waals surface area (Å²) in [5, 5.41) is 4.27. The molecule has 0 aliphatic heterocycles. The maximum Gasteiger partial charge on any atom is 0.103 e. The molecule has 88 valence electrons. The molecule has 1 aromatic heterocycles. The van der Waals surface area contributed by atoms with Crippen LogP contribution in [0.5, 0.6) is 0 Å². The second-order valence-corrected chi connectivity index (χ2v) is 4.42. The van der Waals surface area contributed by atoms with Crippen molar-refractivity contribution in [2.24, 2.45) is 12.0 Å². The van der Waals surface area contributed by atoms with Crippen LogP contribution in [0.3, 0.4) is 0 Å².